The van der Waals surface area contributed by atoms with Gasteiger partial charge in [-0.15, -0.1) is 0 Å². The Bertz CT molecular complexity index is 269. The summed E-state index contributed by atoms with van der Waals surface area (Å²) in [5, 5.41) is 2.94. The molecule has 0 saturated carbocycles. The summed E-state index contributed by atoms with van der Waals surface area (Å²) >= 11 is 0. The molecule has 1 heterocycles. The van der Waals surface area contributed by atoms with Crippen molar-refractivity contribution < 1.29 is 9.53 Å². The van der Waals surface area contributed by atoms with Gasteiger partial charge in [-0.3, -0.25) is 9.69 Å². The van der Waals surface area contributed by atoms with Crippen LogP contribution in [0.15, 0.2) is 0 Å². The van der Waals surface area contributed by atoms with Crippen molar-refractivity contribution in [1.29, 1.82) is 0 Å². The predicted molar refractivity (Wildman–Crippen MR) is 76.9 cm³/mol. The van der Waals surface area contributed by atoms with Crippen molar-refractivity contribution >= 4 is 5.91 Å². The number of nitrogens with one attached hydrogen (secondary N) is 1. The van der Waals surface area contributed by atoms with Crippen molar-refractivity contribution in [1.82, 2.24) is 10.2 Å². The lowest BCUT2D eigenvalue weighted by Crippen LogP contribution is -2.48. The lowest BCUT2D eigenvalue weighted by Gasteiger charge is -2.34. The molecule has 2 atom stereocenters. The highest BCUT2D eigenvalue weighted by atomic mass is 16.5. The normalized spacial score (nSPS) is 22.5. The van der Waals surface area contributed by atoms with E-state index in [0.717, 1.165) is 32.7 Å². The van der Waals surface area contributed by atoms with Crippen molar-refractivity contribution in [3.05, 3.63) is 0 Å². The summed E-state index contributed by atoms with van der Waals surface area (Å²) in [6.07, 6.45) is 1.35. The van der Waals surface area contributed by atoms with E-state index in [-0.39, 0.29) is 18.1 Å². The van der Waals surface area contributed by atoms with Crippen molar-refractivity contribution in [3.63, 3.8) is 0 Å². The first-order chi connectivity index (χ1) is 8.97. The first kappa shape index (κ1) is 16.4. The van der Waals surface area contributed by atoms with Crippen molar-refractivity contribution in [3.8, 4) is 0 Å². The average Bonchev–Trinajstić information content (AvgIpc) is 2.33. The van der Waals surface area contributed by atoms with E-state index in [4.69, 9.17) is 10.5 Å². The molecule has 2 unspecified atom stereocenters. The number of carbonyl (C=O) groups is 1. The fraction of sp³-hybridized carbons (Fsp3) is 0.929. The summed E-state index contributed by atoms with van der Waals surface area (Å²) in [6, 6.07) is 0.0817. The largest absolute Gasteiger partial charge is 0.374 e. The number of nitrogens with zero attached hydrogens (tertiary/aromatic N) is 1. The number of nitrogens with two attached hydrogens (primary N) is 1. The van der Waals surface area contributed by atoms with Crippen LogP contribution in [0.5, 0.6) is 0 Å². The molecule has 1 aliphatic rings. The summed E-state index contributed by atoms with van der Waals surface area (Å²) in [4.78, 5) is 14.0. The lowest BCUT2D eigenvalue weighted by atomic mass is 10.1. The van der Waals surface area contributed by atoms with Gasteiger partial charge < -0.3 is 15.8 Å². The first-order valence-corrected chi connectivity index (χ1v) is 7.33. The zero-order chi connectivity index (χ0) is 14.3. The number of hydrogen-bond acceptors (Lipinski definition) is 4. The lowest BCUT2D eigenvalue weighted by molar-refractivity contribution is -0.122. The SMILES string of the molecule is CC(C)CN1CCOC(CNC(=O)CCC(C)N)C1. The molecule has 5 heteroatoms. The molecule has 3 N–H and O–H groups in total. The molecule has 112 valence electrons. The van der Waals surface area contributed by atoms with Gasteiger partial charge in [0.1, 0.15) is 0 Å². The molecule has 0 aromatic rings. The molecule has 1 rings (SSSR count). The number of morpholine rings is 1. The molecule has 1 saturated heterocycles. The minimum atomic E-state index is 0.0712. The minimum Gasteiger partial charge on any atom is -0.374 e. The molecule has 1 aliphatic heterocycles. The van der Waals surface area contributed by atoms with E-state index in [1.165, 1.54) is 0 Å². The number of ether oxygens (including phenoxy) is 1. The summed E-state index contributed by atoms with van der Waals surface area (Å²) in [5.41, 5.74) is 5.63. The van der Waals surface area contributed by atoms with Crippen molar-refractivity contribution in [2.24, 2.45) is 11.7 Å². The second-order valence-corrected chi connectivity index (χ2v) is 5.97. The van der Waals surface area contributed by atoms with Crippen LogP contribution < -0.4 is 11.1 Å². The average molecular weight is 271 g/mol. The van der Waals surface area contributed by atoms with Crippen LogP contribution in [-0.4, -0.2) is 55.7 Å². The highest BCUT2D eigenvalue weighted by molar-refractivity contribution is 5.75. The quantitative estimate of drug-likeness (QED) is 0.711. The number of rotatable bonds is 7. The van der Waals surface area contributed by atoms with Gasteiger partial charge in [0.05, 0.1) is 12.7 Å². The van der Waals surface area contributed by atoms with Gasteiger partial charge in [-0.25, -0.2) is 0 Å². The maximum absolute atomic E-state index is 11.6. The molecule has 0 aliphatic carbocycles. The van der Waals surface area contributed by atoms with Crippen LogP contribution >= 0.6 is 0 Å². The summed E-state index contributed by atoms with van der Waals surface area (Å²) in [6.45, 7) is 10.7. The van der Waals surface area contributed by atoms with Crippen molar-refractivity contribution in [2.45, 2.75) is 45.8 Å². The van der Waals surface area contributed by atoms with Crippen LogP contribution in [0, 0.1) is 5.92 Å². The highest BCUT2D eigenvalue weighted by Crippen LogP contribution is 2.07. The second kappa shape index (κ2) is 8.51. The summed E-state index contributed by atoms with van der Waals surface area (Å²) in [5.74, 6) is 0.737. The Morgan fingerprint density at radius 2 is 2.21 bits per heavy atom. The smallest absolute Gasteiger partial charge is 0.220 e. The molecule has 0 bridgehead atoms. The fourth-order valence-electron chi connectivity index (χ4n) is 2.26. The third-order valence-electron chi connectivity index (χ3n) is 3.20. The van der Waals surface area contributed by atoms with Crippen LogP contribution in [0.25, 0.3) is 0 Å². The van der Waals surface area contributed by atoms with Gasteiger partial charge in [0.25, 0.3) is 0 Å². The molecular formula is C14H29N3O2. The zero-order valence-corrected chi connectivity index (χ0v) is 12.5. The van der Waals surface area contributed by atoms with Crippen LogP contribution in [0.4, 0.5) is 0 Å². The second-order valence-electron chi connectivity index (χ2n) is 5.97. The molecule has 1 amide bonds. The molecular weight excluding hydrogens is 242 g/mol. The maximum Gasteiger partial charge on any atom is 0.220 e. The molecule has 0 aromatic heterocycles. The van der Waals surface area contributed by atoms with Crippen LogP contribution in [-0.2, 0) is 9.53 Å². The van der Waals surface area contributed by atoms with Gasteiger partial charge in [-0.05, 0) is 19.3 Å². The first-order valence-electron chi connectivity index (χ1n) is 7.33. The van der Waals surface area contributed by atoms with Gasteiger partial charge in [-0.2, -0.15) is 0 Å². The van der Waals surface area contributed by atoms with Gasteiger partial charge in [0, 0.05) is 38.6 Å². The third-order valence-corrected chi connectivity index (χ3v) is 3.20. The molecule has 5 nitrogen and oxygen atoms in total. The predicted octanol–water partition coefficient (Wildman–Crippen LogP) is 0.587. The number of amides is 1. The number of carbonyl (C=O) groups excluding carboxylic acids is 1. The Balaban J connectivity index is 2.19. The molecule has 0 radical (unpaired) electrons. The maximum atomic E-state index is 11.6. The summed E-state index contributed by atoms with van der Waals surface area (Å²) in [7, 11) is 0. The van der Waals surface area contributed by atoms with Crippen LogP contribution in [0.3, 0.4) is 0 Å². The number of hydrogen-bond donors (Lipinski definition) is 2. The Kier molecular flexibility index (Phi) is 7.34. The molecule has 0 aromatic carbocycles. The Morgan fingerprint density at radius 1 is 1.47 bits per heavy atom. The Hall–Kier alpha value is -0.650. The van der Waals surface area contributed by atoms with Gasteiger partial charge >= 0.3 is 0 Å². The van der Waals surface area contributed by atoms with E-state index in [1.54, 1.807) is 0 Å². The van der Waals surface area contributed by atoms with Crippen LogP contribution in [0.2, 0.25) is 0 Å². The molecule has 0 spiro atoms. The van der Waals surface area contributed by atoms with E-state index in [0.29, 0.717) is 18.9 Å². The van der Waals surface area contributed by atoms with Crippen molar-refractivity contribution in [2.75, 3.05) is 32.8 Å². The highest BCUT2D eigenvalue weighted by Gasteiger charge is 2.21. The zero-order valence-electron chi connectivity index (χ0n) is 12.5. The Labute approximate surface area is 116 Å². The van der Waals surface area contributed by atoms with Gasteiger partial charge in [0.15, 0.2) is 0 Å². The molecule has 19 heavy (non-hydrogen) atoms. The van der Waals surface area contributed by atoms with Crippen LogP contribution in [0.1, 0.15) is 33.6 Å². The molecule has 1 fully saturated rings. The van der Waals surface area contributed by atoms with Gasteiger partial charge in [-0.1, -0.05) is 13.8 Å². The Morgan fingerprint density at radius 3 is 2.84 bits per heavy atom. The summed E-state index contributed by atoms with van der Waals surface area (Å²) < 4.78 is 5.68. The van der Waals surface area contributed by atoms with E-state index in [9.17, 15) is 4.79 Å². The topological polar surface area (TPSA) is 67.6 Å². The van der Waals surface area contributed by atoms with E-state index < -0.39 is 0 Å². The van der Waals surface area contributed by atoms with E-state index >= 15 is 0 Å². The minimum absolute atomic E-state index is 0.0712. The third kappa shape index (κ3) is 7.50. The standard InChI is InChI=1S/C14H29N3O2/c1-11(2)9-17-6-7-19-13(10-17)8-16-14(18)5-4-12(3)15/h11-13H,4-10,15H2,1-3H3,(H,16,18). The van der Waals surface area contributed by atoms with E-state index in [1.807, 2.05) is 6.92 Å². The monoisotopic (exact) mass is 271 g/mol. The fourth-order valence-corrected chi connectivity index (χ4v) is 2.26. The van der Waals surface area contributed by atoms with E-state index in [2.05, 4.69) is 24.1 Å². The van der Waals surface area contributed by atoms with Gasteiger partial charge in [0.2, 0.25) is 5.91 Å².